The molecule has 0 unspecified atom stereocenters. The highest BCUT2D eigenvalue weighted by atomic mass is 14.8. The monoisotopic (exact) mass is 199 g/mol. The number of hydrogen-bond donors (Lipinski definition) is 1. The third kappa shape index (κ3) is 1.87. The average Bonchev–Trinajstić information content (AvgIpc) is 2.30. The van der Waals surface area contributed by atoms with Gasteiger partial charge in [-0.05, 0) is 18.1 Å². The maximum absolute atomic E-state index is 5.69. The molecule has 3 nitrogen and oxygen atoms in total. The predicted octanol–water partition coefficient (Wildman–Crippen LogP) is 1.91. The minimum atomic E-state index is 0.527. The third-order valence-electron chi connectivity index (χ3n) is 2.39. The second kappa shape index (κ2) is 4.19. The van der Waals surface area contributed by atoms with E-state index in [4.69, 9.17) is 5.73 Å². The summed E-state index contributed by atoms with van der Waals surface area (Å²) >= 11 is 0. The molecule has 0 saturated heterocycles. The number of aryl methyl sites for hydroxylation is 1. The molecule has 3 heteroatoms. The van der Waals surface area contributed by atoms with Crippen LogP contribution in [-0.4, -0.2) is 9.97 Å². The predicted molar refractivity (Wildman–Crippen MR) is 60.1 cm³/mol. The Kier molecular flexibility index (Phi) is 2.74. The standard InChI is InChI=1S/C12H13N3/c1-9-7-14-8-15-12(9)11-5-3-2-4-10(11)6-13/h2-5,7-8H,6,13H2,1H3. The Morgan fingerprint density at radius 2 is 2.07 bits per heavy atom. The minimum Gasteiger partial charge on any atom is -0.326 e. The Balaban J connectivity index is 2.59. The fourth-order valence-electron chi connectivity index (χ4n) is 1.61. The Morgan fingerprint density at radius 3 is 2.80 bits per heavy atom. The molecule has 0 aliphatic carbocycles. The summed E-state index contributed by atoms with van der Waals surface area (Å²) < 4.78 is 0. The van der Waals surface area contributed by atoms with E-state index < -0.39 is 0 Å². The van der Waals surface area contributed by atoms with Gasteiger partial charge in [0.2, 0.25) is 0 Å². The molecule has 0 amide bonds. The highest BCUT2D eigenvalue weighted by Crippen LogP contribution is 2.23. The van der Waals surface area contributed by atoms with Crippen LogP contribution in [0.1, 0.15) is 11.1 Å². The Bertz CT molecular complexity index is 466. The van der Waals surface area contributed by atoms with Crippen LogP contribution in [0.15, 0.2) is 36.8 Å². The van der Waals surface area contributed by atoms with E-state index in [1.54, 1.807) is 6.33 Å². The number of nitrogens with two attached hydrogens (primary N) is 1. The van der Waals surface area contributed by atoms with Gasteiger partial charge in [0.25, 0.3) is 0 Å². The van der Waals surface area contributed by atoms with Gasteiger partial charge in [-0.25, -0.2) is 9.97 Å². The molecule has 0 fully saturated rings. The van der Waals surface area contributed by atoms with E-state index in [-0.39, 0.29) is 0 Å². The molecule has 0 aliphatic rings. The van der Waals surface area contributed by atoms with Crippen molar-refractivity contribution in [1.82, 2.24) is 9.97 Å². The van der Waals surface area contributed by atoms with Crippen molar-refractivity contribution >= 4 is 0 Å². The highest BCUT2D eigenvalue weighted by molar-refractivity contribution is 5.66. The fraction of sp³-hybridized carbons (Fsp3) is 0.167. The number of nitrogens with zero attached hydrogens (tertiary/aromatic N) is 2. The van der Waals surface area contributed by atoms with Crippen molar-refractivity contribution in [3.8, 4) is 11.3 Å². The lowest BCUT2D eigenvalue weighted by atomic mass is 10.0. The van der Waals surface area contributed by atoms with Gasteiger partial charge in [0.05, 0.1) is 5.69 Å². The number of rotatable bonds is 2. The molecule has 1 aromatic carbocycles. The van der Waals surface area contributed by atoms with Gasteiger partial charge >= 0.3 is 0 Å². The molecule has 2 aromatic rings. The lowest BCUT2D eigenvalue weighted by Crippen LogP contribution is -2.00. The number of benzene rings is 1. The van der Waals surface area contributed by atoms with Crippen molar-refractivity contribution in [1.29, 1.82) is 0 Å². The maximum atomic E-state index is 5.69. The van der Waals surface area contributed by atoms with Crippen molar-refractivity contribution < 1.29 is 0 Å². The summed E-state index contributed by atoms with van der Waals surface area (Å²) in [7, 11) is 0. The summed E-state index contributed by atoms with van der Waals surface area (Å²) in [6, 6.07) is 8.05. The van der Waals surface area contributed by atoms with E-state index in [1.165, 1.54) is 0 Å². The van der Waals surface area contributed by atoms with Crippen molar-refractivity contribution in [2.75, 3.05) is 0 Å². The molecule has 0 bridgehead atoms. The van der Waals surface area contributed by atoms with Crippen LogP contribution in [0.2, 0.25) is 0 Å². The van der Waals surface area contributed by atoms with Crippen LogP contribution in [0.25, 0.3) is 11.3 Å². The SMILES string of the molecule is Cc1cncnc1-c1ccccc1CN. The zero-order valence-corrected chi connectivity index (χ0v) is 8.64. The molecular formula is C12H13N3. The van der Waals surface area contributed by atoms with E-state index in [0.29, 0.717) is 6.54 Å². The van der Waals surface area contributed by atoms with Crippen molar-refractivity contribution in [2.45, 2.75) is 13.5 Å². The molecule has 0 aliphatic heterocycles. The van der Waals surface area contributed by atoms with E-state index >= 15 is 0 Å². The summed E-state index contributed by atoms with van der Waals surface area (Å²) in [5.41, 5.74) is 9.93. The smallest absolute Gasteiger partial charge is 0.116 e. The van der Waals surface area contributed by atoms with Crippen molar-refractivity contribution in [2.24, 2.45) is 5.73 Å². The molecule has 2 rings (SSSR count). The summed E-state index contributed by atoms with van der Waals surface area (Å²) in [4.78, 5) is 8.27. The highest BCUT2D eigenvalue weighted by Gasteiger charge is 2.06. The third-order valence-corrected chi connectivity index (χ3v) is 2.39. The van der Waals surface area contributed by atoms with Gasteiger partial charge in [0, 0.05) is 18.3 Å². The second-order valence-corrected chi connectivity index (χ2v) is 3.42. The molecular weight excluding hydrogens is 186 g/mol. The van der Waals surface area contributed by atoms with Gasteiger partial charge in [-0.2, -0.15) is 0 Å². The van der Waals surface area contributed by atoms with Gasteiger partial charge in [-0.3, -0.25) is 0 Å². The van der Waals surface area contributed by atoms with Gasteiger partial charge < -0.3 is 5.73 Å². The minimum absolute atomic E-state index is 0.527. The fourth-order valence-corrected chi connectivity index (χ4v) is 1.61. The molecule has 0 atom stereocenters. The quantitative estimate of drug-likeness (QED) is 0.803. The van der Waals surface area contributed by atoms with Gasteiger partial charge in [0.1, 0.15) is 6.33 Å². The average molecular weight is 199 g/mol. The second-order valence-electron chi connectivity index (χ2n) is 3.42. The van der Waals surface area contributed by atoms with Crippen LogP contribution in [0.5, 0.6) is 0 Å². The Labute approximate surface area is 89.0 Å². The lowest BCUT2D eigenvalue weighted by molar-refractivity contribution is 1.06. The first kappa shape index (κ1) is 9.80. The van der Waals surface area contributed by atoms with Crippen molar-refractivity contribution in [3.63, 3.8) is 0 Å². The molecule has 76 valence electrons. The van der Waals surface area contributed by atoms with Crippen LogP contribution in [-0.2, 0) is 6.54 Å². The Hall–Kier alpha value is -1.74. The van der Waals surface area contributed by atoms with Gasteiger partial charge in [0.15, 0.2) is 0 Å². The summed E-state index contributed by atoms with van der Waals surface area (Å²) in [5.74, 6) is 0. The summed E-state index contributed by atoms with van der Waals surface area (Å²) in [6.07, 6.45) is 3.38. The molecule has 0 radical (unpaired) electrons. The van der Waals surface area contributed by atoms with Gasteiger partial charge in [-0.15, -0.1) is 0 Å². The number of hydrogen-bond acceptors (Lipinski definition) is 3. The maximum Gasteiger partial charge on any atom is 0.116 e. The van der Waals surface area contributed by atoms with Crippen LogP contribution < -0.4 is 5.73 Å². The van der Waals surface area contributed by atoms with Gasteiger partial charge in [-0.1, -0.05) is 24.3 Å². The molecule has 2 N–H and O–H groups in total. The van der Waals surface area contributed by atoms with Crippen molar-refractivity contribution in [3.05, 3.63) is 47.9 Å². The topological polar surface area (TPSA) is 51.8 Å². The summed E-state index contributed by atoms with van der Waals surface area (Å²) in [5, 5.41) is 0. The van der Waals surface area contributed by atoms with Crippen LogP contribution in [0.3, 0.4) is 0 Å². The molecule has 15 heavy (non-hydrogen) atoms. The zero-order valence-electron chi connectivity index (χ0n) is 8.64. The van der Waals surface area contributed by atoms with Crippen LogP contribution >= 0.6 is 0 Å². The first-order valence-corrected chi connectivity index (χ1v) is 4.88. The molecule has 0 saturated carbocycles. The summed E-state index contributed by atoms with van der Waals surface area (Å²) in [6.45, 7) is 2.53. The first-order chi connectivity index (χ1) is 7.33. The Morgan fingerprint density at radius 1 is 1.27 bits per heavy atom. The van der Waals surface area contributed by atoms with E-state index in [9.17, 15) is 0 Å². The van der Waals surface area contributed by atoms with E-state index in [0.717, 1.165) is 22.4 Å². The number of aromatic nitrogens is 2. The zero-order chi connectivity index (χ0) is 10.7. The molecule has 0 spiro atoms. The van der Waals surface area contributed by atoms with E-state index in [1.807, 2.05) is 37.4 Å². The normalized spacial score (nSPS) is 10.3. The molecule has 1 heterocycles. The largest absolute Gasteiger partial charge is 0.326 e. The molecule has 1 aromatic heterocycles. The lowest BCUT2D eigenvalue weighted by Gasteiger charge is -2.08. The van der Waals surface area contributed by atoms with Crippen LogP contribution in [0, 0.1) is 6.92 Å². The first-order valence-electron chi connectivity index (χ1n) is 4.88. The van der Waals surface area contributed by atoms with Crippen LogP contribution in [0.4, 0.5) is 0 Å². The van der Waals surface area contributed by atoms with E-state index in [2.05, 4.69) is 9.97 Å².